The van der Waals surface area contributed by atoms with Crippen LogP contribution in [0.5, 0.6) is 0 Å². The lowest BCUT2D eigenvalue weighted by atomic mass is 10.3. The lowest BCUT2D eigenvalue weighted by Crippen LogP contribution is -2.27. The van der Waals surface area contributed by atoms with Gasteiger partial charge in [0.05, 0.1) is 6.61 Å². The second kappa shape index (κ2) is 4.45. The summed E-state index contributed by atoms with van der Waals surface area (Å²) in [5.74, 6) is 0. The molecular weight excluding hydrogens is 257 g/mol. The van der Waals surface area contributed by atoms with Gasteiger partial charge in [0.1, 0.15) is 12.7 Å². The molecule has 1 heterocycles. The van der Waals surface area contributed by atoms with E-state index in [4.69, 9.17) is 0 Å². The normalized spacial score (nSPS) is 21.7. The van der Waals surface area contributed by atoms with E-state index in [2.05, 4.69) is 13.7 Å². The standard InChI is InChI=1S/C6H7F3O6S/c7-6(8,9)16(11,12)14-2-1-4-3-13-5(10)15-4/h4H,1-3H2. The van der Waals surface area contributed by atoms with Crippen LogP contribution in [-0.4, -0.2) is 39.4 Å². The Balaban J connectivity index is 2.34. The second-order valence-electron chi connectivity index (χ2n) is 2.81. The lowest BCUT2D eigenvalue weighted by Gasteiger charge is -2.09. The fraction of sp³-hybridized carbons (Fsp3) is 0.833. The molecule has 0 aromatic rings. The third kappa shape index (κ3) is 3.23. The van der Waals surface area contributed by atoms with Crippen LogP contribution in [0.2, 0.25) is 0 Å². The Bertz CT molecular complexity index is 361. The van der Waals surface area contributed by atoms with Crippen LogP contribution >= 0.6 is 0 Å². The minimum atomic E-state index is -5.58. The zero-order chi connectivity index (χ0) is 12.4. The van der Waals surface area contributed by atoms with Crippen molar-refractivity contribution in [3.8, 4) is 0 Å². The van der Waals surface area contributed by atoms with E-state index in [-0.39, 0.29) is 13.0 Å². The number of hydrogen-bond donors (Lipinski definition) is 0. The number of halogens is 3. The summed E-state index contributed by atoms with van der Waals surface area (Å²) in [6.07, 6.45) is -1.92. The molecule has 94 valence electrons. The monoisotopic (exact) mass is 264 g/mol. The van der Waals surface area contributed by atoms with Gasteiger partial charge in [0.15, 0.2) is 0 Å². The fourth-order valence-electron chi connectivity index (χ4n) is 0.863. The first-order valence-corrected chi connectivity index (χ1v) is 5.42. The van der Waals surface area contributed by atoms with E-state index in [0.29, 0.717) is 0 Å². The molecule has 1 rings (SSSR count). The minimum absolute atomic E-state index is 0.131. The van der Waals surface area contributed by atoms with Gasteiger partial charge in [-0.15, -0.1) is 0 Å². The van der Waals surface area contributed by atoms with E-state index in [9.17, 15) is 26.4 Å². The molecule has 0 spiro atoms. The topological polar surface area (TPSA) is 78.9 Å². The zero-order valence-electron chi connectivity index (χ0n) is 7.69. The molecule has 1 fully saturated rings. The van der Waals surface area contributed by atoms with Gasteiger partial charge < -0.3 is 9.47 Å². The van der Waals surface area contributed by atoms with Gasteiger partial charge in [-0.3, -0.25) is 4.18 Å². The van der Waals surface area contributed by atoms with Gasteiger partial charge in [-0.2, -0.15) is 21.6 Å². The van der Waals surface area contributed by atoms with E-state index >= 15 is 0 Å². The Morgan fingerprint density at radius 3 is 2.50 bits per heavy atom. The van der Waals surface area contributed by atoms with Crippen molar-refractivity contribution < 1.29 is 40.0 Å². The summed E-state index contributed by atoms with van der Waals surface area (Å²) in [7, 11) is -5.58. The van der Waals surface area contributed by atoms with Gasteiger partial charge in [0, 0.05) is 6.42 Å². The lowest BCUT2D eigenvalue weighted by molar-refractivity contribution is -0.0547. The summed E-state index contributed by atoms with van der Waals surface area (Å²) in [6, 6.07) is 0. The quantitative estimate of drug-likeness (QED) is 0.424. The van der Waals surface area contributed by atoms with Crippen molar-refractivity contribution >= 4 is 16.3 Å². The van der Waals surface area contributed by atoms with Gasteiger partial charge >= 0.3 is 21.8 Å². The number of rotatable bonds is 4. The SMILES string of the molecule is O=C1OCC(CCOS(=O)(=O)C(F)(F)F)O1. The predicted octanol–water partition coefficient (Wildman–Crippen LogP) is 0.778. The maximum atomic E-state index is 11.8. The van der Waals surface area contributed by atoms with Crippen molar-refractivity contribution in [2.45, 2.75) is 18.0 Å². The third-order valence-electron chi connectivity index (χ3n) is 1.61. The highest BCUT2D eigenvalue weighted by molar-refractivity contribution is 7.87. The molecule has 0 saturated carbocycles. The predicted molar refractivity (Wildman–Crippen MR) is 41.8 cm³/mol. The van der Waals surface area contributed by atoms with Crippen molar-refractivity contribution in [3.63, 3.8) is 0 Å². The van der Waals surface area contributed by atoms with Crippen molar-refractivity contribution in [1.82, 2.24) is 0 Å². The number of alkyl halides is 3. The summed E-state index contributed by atoms with van der Waals surface area (Å²) in [4.78, 5) is 10.4. The number of hydrogen-bond acceptors (Lipinski definition) is 6. The van der Waals surface area contributed by atoms with Crippen LogP contribution < -0.4 is 0 Å². The first-order chi connectivity index (χ1) is 7.22. The van der Waals surface area contributed by atoms with Crippen molar-refractivity contribution in [1.29, 1.82) is 0 Å². The van der Waals surface area contributed by atoms with Crippen LogP contribution in [0.15, 0.2) is 0 Å². The average molecular weight is 264 g/mol. The molecule has 10 heteroatoms. The second-order valence-corrected chi connectivity index (χ2v) is 4.42. The van der Waals surface area contributed by atoms with Crippen LogP contribution in [0.3, 0.4) is 0 Å². The molecule has 0 aromatic carbocycles. The van der Waals surface area contributed by atoms with Gasteiger partial charge in [0.2, 0.25) is 0 Å². The fourth-order valence-corrected chi connectivity index (χ4v) is 1.31. The molecule has 16 heavy (non-hydrogen) atoms. The first kappa shape index (κ1) is 13.0. The van der Waals surface area contributed by atoms with Gasteiger partial charge in [0.25, 0.3) is 0 Å². The van der Waals surface area contributed by atoms with Crippen LogP contribution in [0.1, 0.15) is 6.42 Å². The molecule has 0 amide bonds. The van der Waals surface area contributed by atoms with E-state index < -0.39 is 34.5 Å². The van der Waals surface area contributed by atoms with Gasteiger partial charge in [-0.05, 0) is 0 Å². The maximum absolute atomic E-state index is 11.8. The van der Waals surface area contributed by atoms with Crippen LogP contribution in [0.4, 0.5) is 18.0 Å². The van der Waals surface area contributed by atoms with Crippen LogP contribution in [-0.2, 0) is 23.8 Å². The van der Waals surface area contributed by atoms with E-state index in [1.807, 2.05) is 0 Å². The van der Waals surface area contributed by atoms with E-state index in [1.54, 1.807) is 0 Å². The Kier molecular flexibility index (Phi) is 3.63. The molecule has 1 aliphatic heterocycles. The molecule has 1 saturated heterocycles. The molecule has 0 aromatic heterocycles. The number of carbonyl (C=O) groups is 1. The first-order valence-electron chi connectivity index (χ1n) is 4.01. The van der Waals surface area contributed by atoms with Crippen molar-refractivity contribution in [2.75, 3.05) is 13.2 Å². The molecule has 0 N–H and O–H groups in total. The maximum Gasteiger partial charge on any atom is 0.523 e. The highest BCUT2D eigenvalue weighted by Crippen LogP contribution is 2.24. The summed E-state index contributed by atoms with van der Waals surface area (Å²) in [5.41, 5.74) is -5.45. The molecule has 1 unspecified atom stereocenters. The number of carbonyl (C=O) groups excluding carboxylic acids is 1. The molecule has 1 aliphatic rings. The van der Waals surface area contributed by atoms with Crippen LogP contribution in [0.25, 0.3) is 0 Å². The summed E-state index contributed by atoms with van der Waals surface area (Å²) in [5, 5.41) is 0. The Morgan fingerprint density at radius 2 is 2.06 bits per heavy atom. The average Bonchev–Trinajstić information content (AvgIpc) is 2.49. The van der Waals surface area contributed by atoms with Crippen molar-refractivity contribution in [3.05, 3.63) is 0 Å². The Labute approximate surface area is 88.4 Å². The smallest absolute Gasteiger partial charge is 0.430 e. The van der Waals surface area contributed by atoms with Gasteiger partial charge in [-0.1, -0.05) is 0 Å². The third-order valence-corrected chi connectivity index (χ3v) is 2.66. The number of cyclic esters (lactones) is 2. The zero-order valence-corrected chi connectivity index (χ0v) is 8.51. The van der Waals surface area contributed by atoms with Gasteiger partial charge in [-0.25, -0.2) is 4.79 Å². The molecule has 0 radical (unpaired) electrons. The highest BCUT2D eigenvalue weighted by atomic mass is 32.2. The summed E-state index contributed by atoms with van der Waals surface area (Å²) in [6.45, 7) is -0.864. The van der Waals surface area contributed by atoms with E-state index in [1.165, 1.54) is 0 Å². The molecular formula is C6H7F3O6S. The molecule has 0 aliphatic carbocycles. The summed E-state index contributed by atoms with van der Waals surface area (Å²) < 4.78 is 68.6. The molecule has 6 nitrogen and oxygen atoms in total. The van der Waals surface area contributed by atoms with E-state index in [0.717, 1.165) is 0 Å². The Morgan fingerprint density at radius 1 is 1.44 bits per heavy atom. The number of ether oxygens (including phenoxy) is 2. The minimum Gasteiger partial charge on any atom is -0.430 e. The largest absolute Gasteiger partial charge is 0.523 e. The van der Waals surface area contributed by atoms with Crippen molar-refractivity contribution in [2.24, 2.45) is 0 Å². The van der Waals surface area contributed by atoms with Crippen LogP contribution in [0, 0.1) is 0 Å². The Hall–Kier alpha value is -1.03. The molecule has 0 bridgehead atoms. The molecule has 1 atom stereocenters. The highest BCUT2D eigenvalue weighted by Gasteiger charge is 2.47. The summed E-state index contributed by atoms with van der Waals surface area (Å²) >= 11 is 0.